The third-order valence-corrected chi connectivity index (χ3v) is 5.11. The number of hydrogen-bond acceptors (Lipinski definition) is 3. The molecule has 2 rings (SSSR count). The summed E-state index contributed by atoms with van der Waals surface area (Å²) >= 11 is 11.7. The lowest BCUT2D eigenvalue weighted by atomic mass is 10.2. The average Bonchev–Trinajstić information content (AvgIpc) is 2.76. The van der Waals surface area contributed by atoms with Crippen LogP contribution in [0.15, 0.2) is 17.0 Å². The van der Waals surface area contributed by atoms with Gasteiger partial charge in [-0.1, -0.05) is 30.1 Å². The molecule has 1 fully saturated rings. The second kappa shape index (κ2) is 5.52. The quantitative estimate of drug-likeness (QED) is 0.898. The second-order valence-corrected chi connectivity index (χ2v) is 7.28. The Hall–Kier alpha value is -0.820. The lowest BCUT2D eigenvalue weighted by molar-refractivity contribution is 0.0788. The van der Waals surface area contributed by atoms with E-state index in [9.17, 15) is 13.2 Å². The maximum absolute atomic E-state index is 12.3. The molecule has 0 saturated carbocycles. The Balaban J connectivity index is 2.43. The molecule has 110 valence electrons. The van der Waals surface area contributed by atoms with Crippen LogP contribution in [-0.2, 0) is 10.0 Å². The molecule has 1 unspecified atom stereocenters. The van der Waals surface area contributed by atoms with Crippen LogP contribution in [-0.4, -0.2) is 32.3 Å². The van der Waals surface area contributed by atoms with E-state index in [0.29, 0.717) is 19.0 Å². The van der Waals surface area contributed by atoms with Gasteiger partial charge in [0.15, 0.2) is 0 Å². The molecule has 0 aromatic heterocycles. The predicted molar refractivity (Wildman–Crippen MR) is 77.5 cm³/mol. The van der Waals surface area contributed by atoms with Gasteiger partial charge >= 0.3 is 0 Å². The zero-order chi connectivity index (χ0) is 15.1. The van der Waals surface area contributed by atoms with Crippen LogP contribution < -0.4 is 5.14 Å². The number of sulfonamides is 1. The highest BCUT2D eigenvalue weighted by molar-refractivity contribution is 7.89. The summed E-state index contributed by atoms with van der Waals surface area (Å²) in [6.07, 6.45) is 0.926. The molecular weight excluding hydrogens is 323 g/mol. The van der Waals surface area contributed by atoms with E-state index in [1.54, 1.807) is 4.90 Å². The van der Waals surface area contributed by atoms with Crippen molar-refractivity contribution in [1.29, 1.82) is 0 Å². The molecule has 1 heterocycles. The van der Waals surface area contributed by atoms with Crippen molar-refractivity contribution in [2.75, 3.05) is 13.1 Å². The number of halogens is 2. The highest BCUT2D eigenvalue weighted by Gasteiger charge is 2.26. The summed E-state index contributed by atoms with van der Waals surface area (Å²) in [7, 11) is -4.03. The normalized spacial score (nSPS) is 19.4. The highest BCUT2D eigenvalue weighted by atomic mass is 35.5. The number of hydrogen-bond donors (Lipinski definition) is 1. The van der Waals surface area contributed by atoms with Crippen LogP contribution in [0, 0.1) is 5.92 Å². The minimum atomic E-state index is -4.03. The Morgan fingerprint density at radius 3 is 2.55 bits per heavy atom. The van der Waals surface area contributed by atoms with Crippen molar-refractivity contribution in [3.63, 3.8) is 0 Å². The van der Waals surface area contributed by atoms with Crippen LogP contribution in [0.3, 0.4) is 0 Å². The van der Waals surface area contributed by atoms with Crippen LogP contribution in [0.5, 0.6) is 0 Å². The van der Waals surface area contributed by atoms with Crippen LogP contribution in [0.4, 0.5) is 0 Å². The van der Waals surface area contributed by atoms with Gasteiger partial charge in [-0.15, -0.1) is 0 Å². The van der Waals surface area contributed by atoms with E-state index in [0.717, 1.165) is 6.42 Å². The summed E-state index contributed by atoms with van der Waals surface area (Å²) in [5.41, 5.74) is 0.178. The van der Waals surface area contributed by atoms with E-state index < -0.39 is 10.0 Å². The van der Waals surface area contributed by atoms with Gasteiger partial charge in [-0.3, -0.25) is 4.79 Å². The Kier molecular flexibility index (Phi) is 4.30. The van der Waals surface area contributed by atoms with Crippen molar-refractivity contribution in [3.8, 4) is 0 Å². The fraction of sp³-hybridized carbons (Fsp3) is 0.417. The number of likely N-dealkylation sites (tertiary alicyclic amines) is 1. The highest BCUT2D eigenvalue weighted by Crippen LogP contribution is 2.31. The summed E-state index contributed by atoms with van der Waals surface area (Å²) < 4.78 is 22.9. The molecule has 1 aromatic rings. The molecule has 1 aliphatic rings. The van der Waals surface area contributed by atoms with Crippen molar-refractivity contribution in [2.24, 2.45) is 11.1 Å². The average molecular weight is 337 g/mol. The molecule has 0 bridgehead atoms. The molecular formula is C12H14Cl2N2O3S. The number of rotatable bonds is 2. The summed E-state index contributed by atoms with van der Waals surface area (Å²) in [5.74, 6) is 0.164. The number of carbonyl (C=O) groups excluding carboxylic acids is 1. The van der Waals surface area contributed by atoms with Crippen LogP contribution >= 0.6 is 23.2 Å². The van der Waals surface area contributed by atoms with Crippen molar-refractivity contribution in [3.05, 3.63) is 27.7 Å². The number of carbonyl (C=O) groups is 1. The van der Waals surface area contributed by atoms with Gasteiger partial charge in [0.2, 0.25) is 10.0 Å². The minimum absolute atomic E-state index is 0.00575. The monoisotopic (exact) mass is 336 g/mol. The molecule has 1 aromatic carbocycles. The Morgan fingerprint density at radius 2 is 2.05 bits per heavy atom. The Bertz CT molecular complexity index is 661. The van der Waals surface area contributed by atoms with Crippen LogP contribution in [0.1, 0.15) is 23.7 Å². The smallest absolute Gasteiger partial charge is 0.253 e. The first-order valence-corrected chi connectivity index (χ1v) is 8.31. The second-order valence-electron chi connectivity index (χ2n) is 4.96. The molecule has 1 atom stereocenters. The van der Waals surface area contributed by atoms with Gasteiger partial charge in [0, 0.05) is 18.7 Å². The van der Waals surface area contributed by atoms with E-state index in [2.05, 4.69) is 6.92 Å². The lowest BCUT2D eigenvalue weighted by Gasteiger charge is -2.17. The Morgan fingerprint density at radius 1 is 1.40 bits per heavy atom. The molecule has 0 radical (unpaired) electrons. The summed E-state index contributed by atoms with van der Waals surface area (Å²) in [6, 6.07) is 2.54. The topological polar surface area (TPSA) is 80.5 Å². The van der Waals surface area contributed by atoms with Gasteiger partial charge in [-0.05, 0) is 24.5 Å². The maximum atomic E-state index is 12.3. The summed E-state index contributed by atoms with van der Waals surface area (Å²) in [4.78, 5) is 13.7. The van der Waals surface area contributed by atoms with Crippen molar-refractivity contribution >= 4 is 39.1 Å². The van der Waals surface area contributed by atoms with Gasteiger partial charge < -0.3 is 4.90 Å². The van der Waals surface area contributed by atoms with E-state index in [1.807, 2.05) is 0 Å². The van der Waals surface area contributed by atoms with Gasteiger partial charge in [-0.25, -0.2) is 13.6 Å². The summed E-state index contributed by atoms with van der Waals surface area (Å²) in [5, 5.41) is 4.90. The third kappa shape index (κ3) is 3.09. The van der Waals surface area contributed by atoms with Crippen LogP contribution in [0.2, 0.25) is 10.0 Å². The van der Waals surface area contributed by atoms with Gasteiger partial charge in [0.25, 0.3) is 5.91 Å². The molecule has 1 saturated heterocycles. The fourth-order valence-corrected chi connectivity index (χ4v) is 3.55. The standard InChI is InChI=1S/C12H14Cl2N2O3S/c1-7-2-3-16(6-7)12(17)8-4-9(13)11(14)10(5-8)20(15,18)19/h4-5,7H,2-3,6H2,1H3,(H2,15,18,19). The zero-order valence-corrected chi connectivity index (χ0v) is 13.1. The van der Waals surface area contributed by atoms with Crippen molar-refractivity contribution in [1.82, 2.24) is 4.90 Å². The SMILES string of the molecule is CC1CCN(C(=O)c2cc(Cl)c(Cl)c(S(N)(=O)=O)c2)C1. The van der Waals surface area contributed by atoms with Crippen molar-refractivity contribution in [2.45, 2.75) is 18.2 Å². The van der Waals surface area contributed by atoms with E-state index >= 15 is 0 Å². The molecule has 8 heteroatoms. The number of nitrogens with zero attached hydrogens (tertiary/aromatic N) is 1. The first-order valence-electron chi connectivity index (χ1n) is 6.01. The molecule has 5 nitrogen and oxygen atoms in total. The molecule has 2 N–H and O–H groups in total. The van der Waals surface area contributed by atoms with Gasteiger partial charge in [0.1, 0.15) is 4.90 Å². The fourth-order valence-electron chi connectivity index (χ4n) is 2.20. The largest absolute Gasteiger partial charge is 0.338 e. The Labute approximate surface area is 127 Å². The maximum Gasteiger partial charge on any atom is 0.253 e. The van der Waals surface area contributed by atoms with Crippen molar-refractivity contribution < 1.29 is 13.2 Å². The molecule has 20 heavy (non-hydrogen) atoms. The molecule has 1 aliphatic heterocycles. The number of amides is 1. The number of benzene rings is 1. The summed E-state index contributed by atoms with van der Waals surface area (Å²) in [6.45, 7) is 3.34. The lowest BCUT2D eigenvalue weighted by Crippen LogP contribution is -2.28. The molecule has 0 aliphatic carbocycles. The van der Waals surface area contributed by atoms with E-state index in [-0.39, 0.29) is 26.4 Å². The first-order chi connectivity index (χ1) is 9.20. The zero-order valence-electron chi connectivity index (χ0n) is 10.8. The predicted octanol–water partition coefficient (Wildman–Crippen LogP) is 2.12. The van der Waals surface area contributed by atoms with Gasteiger partial charge in [-0.2, -0.15) is 0 Å². The number of primary sulfonamides is 1. The molecule has 0 spiro atoms. The van der Waals surface area contributed by atoms with E-state index in [1.165, 1.54) is 12.1 Å². The number of nitrogens with two attached hydrogens (primary N) is 1. The van der Waals surface area contributed by atoms with Crippen LogP contribution in [0.25, 0.3) is 0 Å². The third-order valence-electron chi connectivity index (χ3n) is 3.26. The van der Waals surface area contributed by atoms with Gasteiger partial charge in [0.05, 0.1) is 10.0 Å². The molecule has 1 amide bonds. The first kappa shape index (κ1) is 15.6. The minimum Gasteiger partial charge on any atom is -0.338 e. The van der Waals surface area contributed by atoms with E-state index in [4.69, 9.17) is 28.3 Å².